The quantitative estimate of drug-likeness (QED) is 0.918. The molecule has 0 aliphatic carbocycles. The number of aromatic nitrogens is 2. The first-order valence-corrected chi connectivity index (χ1v) is 7.61. The molecule has 5 heteroatoms. The summed E-state index contributed by atoms with van der Waals surface area (Å²) in [4.78, 5) is 18.6. The third kappa shape index (κ3) is 2.65. The summed E-state index contributed by atoms with van der Waals surface area (Å²) in [6, 6.07) is 7.25. The normalized spacial score (nSPS) is 17.4. The largest absolute Gasteiger partial charge is 0.480 e. The molecule has 1 aromatic heterocycles. The van der Waals surface area contributed by atoms with Gasteiger partial charge < -0.3 is 9.67 Å². The number of benzene rings is 1. The predicted octanol–water partition coefficient (Wildman–Crippen LogP) is 2.67. The first kappa shape index (κ1) is 14.1. The van der Waals surface area contributed by atoms with Crippen LogP contribution in [0, 0.1) is 0 Å². The van der Waals surface area contributed by atoms with Crippen LogP contribution in [0.1, 0.15) is 38.1 Å². The first-order chi connectivity index (χ1) is 10.2. The molecule has 0 spiro atoms. The highest BCUT2D eigenvalue weighted by molar-refractivity contribution is 5.80. The maximum atomic E-state index is 11.6. The minimum absolute atomic E-state index is 0.546. The van der Waals surface area contributed by atoms with Crippen molar-refractivity contribution in [3.63, 3.8) is 0 Å². The van der Waals surface area contributed by atoms with Crippen molar-refractivity contribution in [2.24, 2.45) is 0 Å². The molecule has 1 N–H and O–H groups in total. The third-order valence-corrected chi connectivity index (χ3v) is 4.22. The molecule has 1 unspecified atom stereocenters. The Morgan fingerprint density at radius 2 is 2.05 bits per heavy atom. The fourth-order valence-electron chi connectivity index (χ4n) is 3.16. The molecule has 1 fully saturated rings. The summed E-state index contributed by atoms with van der Waals surface area (Å²) in [5.41, 5.74) is 1.80. The molecule has 1 aromatic carbocycles. The minimum atomic E-state index is -0.789. The Labute approximate surface area is 124 Å². The van der Waals surface area contributed by atoms with Gasteiger partial charge in [0.25, 0.3) is 0 Å². The van der Waals surface area contributed by atoms with Crippen molar-refractivity contribution < 1.29 is 9.90 Å². The van der Waals surface area contributed by atoms with E-state index in [1.54, 1.807) is 0 Å². The molecule has 0 bridgehead atoms. The van der Waals surface area contributed by atoms with E-state index in [1.165, 1.54) is 12.8 Å². The van der Waals surface area contributed by atoms with Crippen molar-refractivity contribution in [1.29, 1.82) is 0 Å². The number of likely N-dealkylation sites (tertiary alicyclic amines) is 1. The highest BCUT2D eigenvalue weighted by atomic mass is 16.4. The van der Waals surface area contributed by atoms with Gasteiger partial charge in [-0.3, -0.25) is 4.90 Å². The summed E-state index contributed by atoms with van der Waals surface area (Å²) in [5.74, 6) is 0.0793. The van der Waals surface area contributed by atoms with E-state index in [1.807, 2.05) is 35.8 Å². The van der Waals surface area contributed by atoms with E-state index in [0.717, 1.165) is 36.5 Å². The Morgan fingerprint density at radius 1 is 1.33 bits per heavy atom. The van der Waals surface area contributed by atoms with Gasteiger partial charge in [-0.15, -0.1) is 0 Å². The SMILES string of the molecule is CCC(C(=O)O)n1c(CN2CCCC2)nc2ccccc21. The molecule has 2 aromatic rings. The predicted molar refractivity (Wildman–Crippen MR) is 81.2 cm³/mol. The molecule has 5 nitrogen and oxygen atoms in total. The van der Waals surface area contributed by atoms with Crippen LogP contribution in [-0.4, -0.2) is 38.6 Å². The Hall–Kier alpha value is -1.88. The molecule has 1 aliphatic rings. The molecule has 0 amide bonds. The van der Waals surface area contributed by atoms with Crippen molar-refractivity contribution in [3.8, 4) is 0 Å². The molecule has 2 heterocycles. The lowest BCUT2D eigenvalue weighted by Gasteiger charge is -2.19. The third-order valence-electron chi connectivity index (χ3n) is 4.22. The number of nitrogens with zero attached hydrogens (tertiary/aromatic N) is 3. The van der Waals surface area contributed by atoms with Gasteiger partial charge in [0.05, 0.1) is 17.6 Å². The van der Waals surface area contributed by atoms with Crippen LogP contribution >= 0.6 is 0 Å². The van der Waals surface area contributed by atoms with E-state index in [2.05, 4.69) is 9.88 Å². The van der Waals surface area contributed by atoms with Gasteiger partial charge in [0.1, 0.15) is 11.9 Å². The van der Waals surface area contributed by atoms with Gasteiger partial charge in [0, 0.05) is 0 Å². The summed E-state index contributed by atoms with van der Waals surface area (Å²) in [6.45, 7) is 4.80. The molecule has 0 radical (unpaired) electrons. The fraction of sp³-hybridized carbons (Fsp3) is 0.500. The second-order valence-corrected chi connectivity index (χ2v) is 5.63. The first-order valence-electron chi connectivity index (χ1n) is 7.61. The molecule has 1 saturated heterocycles. The number of carboxylic acid groups (broad SMARTS) is 1. The lowest BCUT2D eigenvalue weighted by Crippen LogP contribution is -2.25. The number of rotatable bonds is 5. The average molecular weight is 287 g/mol. The minimum Gasteiger partial charge on any atom is -0.480 e. The highest BCUT2D eigenvalue weighted by Gasteiger charge is 2.25. The number of hydrogen-bond donors (Lipinski definition) is 1. The zero-order valence-corrected chi connectivity index (χ0v) is 12.3. The van der Waals surface area contributed by atoms with Gasteiger partial charge >= 0.3 is 5.97 Å². The second-order valence-electron chi connectivity index (χ2n) is 5.63. The molecule has 1 aliphatic heterocycles. The van der Waals surface area contributed by atoms with E-state index in [-0.39, 0.29) is 0 Å². The van der Waals surface area contributed by atoms with Crippen LogP contribution in [0.15, 0.2) is 24.3 Å². The second kappa shape index (κ2) is 5.85. The topological polar surface area (TPSA) is 58.4 Å². The zero-order valence-electron chi connectivity index (χ0n) is 12.3. The number of aliphatic carboxylic acids is 1. The van der Waals surface area contributed by atoms with E-state index in [0.29, 0.717) is 6.42 Å². The van der Waals surface area contributed by atoms with E-state index < -0.39 is 12.0 Å². The zero-order chi connectivity index (χ0) is 14.8. The Kier molecular flexibility index (Phi) is 3.92. The molecule has 112 valence electrons. The molecule has 0 saturated carbocycles. The molecule has 3 rings (SSSR count). The van der Waals surface area contributed by atoms with Gasteiger partial charge in [-0.2, -0.15) is 0 Å². The summed E-state index contributed by atoms with van der Waals surface area (Å²) in [5, 5.41) is 9.53. The standard InChI is InChI=1S/C16H21N3O2/c1-2-13(16(20)21)19-14-8-4-3-7-12(14)17-15(19)11-18-9-5-6-10-18/h3-4,7-8,13H,2,5-6,9-11H2,1H3,(H,20,21). The van der Waals surface area contributed by atoms with E-state index >= 15 is 0 Å². The smallest absolute Gasteiger partial charge is 0.326 e. The Bertz CT molecular complexity index is 644. The summed E-state index contributed by atoms with van der Waals surface area (Å²) in [7, 11) is 0. The number of carboxylic acids is 1. The number of hydrogen-bond acceptors (Lipinski definition) is 3. The van der Waals surface area contributed by atoms with Crippen molar-refractivity contribution in [1.82, 2.24) is 14.5 Å². The van der Waals surface area contributed by atoms with Crippen molar-refractivity contribution in [2.75, 3.05) is 13.1 Å². The van der Waals surface area contributed by atoms with Crippen LogP contribution in [0.5, 0.6) is 0 Å². The summed E-state index contributed by atoms with van der Waals surface area (Å²) in [6.07, 6.45) is 3.00. The van der Waals surface area contributed by atoms with E-state index in [4.69, 9.17) is 0 Å². The lowest BCUT2D eigenvalue weighted by molar-refractivity contribution is -0.141. The molecule has 1 atom stereocenters. The lowest BCUT2D eigenvalue weighted by atomic mass is 10.2. The summed E-state index contributed by atoms with van der Waals surface area (Å²) < 4.78 is 1.91. The number of para-hydroxylation sites is 2. The van der Waals surface area contributed by atoms with Gasteiger partial charge in [-0.05, 0) is 44.5 Å². The van der Waals surface area contributed by atoms with Crippen LogP contribution in [0.25, 0.3) is 11.0 Å². The Balaban J connectivity index is 2.06. The molecule has 21 heavy (non-hydrogen) atoms. The van der Waals surface area contributed by atoms with Crippen molar-refractivity contribution in [2.45, 2.75) is 38.8 Å². The maximum Gasteiger partial charge on any atom is 0.326 e. The van der Waals surface area contributed by atoms with Gasteiger partial charge in [-0.25, -0.2) is 9.78 Å². The van der Waals surface area contributed by atoms with Crippen LogP contribution < -0.4 is 0 Å². The highest BCUT2D eigenvalue weighted by Crippen LogP contribution is 2.25. The van der Waals surface area contributed by atoms with Crippen LogP contribution in [0.4, 0.5) is 0 Å². The van der Waals surface area contributed by atoms with Gasteiger partial charge in [-0.1, -0.05) is 19.1 Å². The average Bonchev–Trinajstić information content (AvgIpc) is 3.08. The van der Waals surface area contributed by atoms with Crippen LogP contribution in [0.3, 0.4) is 0 Å². The maximum absolute atomic E-state index is 11.6. The fourth-order valence-corrected chi connectivity index (χ4v) is 3.16. The van der Waals surface area contributed by atoms with E-state index in [9.17, 15) is 9.90 Å². The number of fused-ring (bicyclic) bond motifs is 1. The van der Waals surface area contributed by atoms with Crippen molar-refractivity contribution >= 4 is 17.0 Å². The van der Waals surface area contributed by atoms with Crippen LogP contribution in [0.2, 0.25) is 0 Å². The Morgan fingerprint density at radius 3 is 2.71 bits per heavy atom. The number of imidazole rings is 1. The monoisotopic (exact) mass is 287 g/mol. The molecular weight excluding hydrogens is 266 g/mol. The summed E-state index contributed by atoms with van der Waals surface area (Å²) >= 11 is 0. The van der Waals surface area contributed by atoms with Gasteiger partial charge in [0.2, 0.25) is 0 Å². The van der Waals surface area contributed by atoms with Crippen LogP contribution in [-0.2, 0) is 11.3 Å². The molecular formula is C16H21N3O2. The number of carbonyl (C=O) groups is 1. The van der Waals surface area contributed by atoms with Gasteiger partial charge in [0.15, 0.2) is 0 Å². The van der Waals surface area contributed by atoms with Crippen molar-refractivity contribution in [3.05, 3.63) is 30.1 Å².